The highest BCUT2D eigenvalue weighted by Crippen LogP contribution is 2.61. The molecule has 0 saturated heterocycles. The van der Waals surface area contributed by atoms with Gasteiger partial charge in [0.2, 0.25) is 0 Å². The number of sulfone groups is 1. The molecule has 4 bridgehead atoms. The lowest BCUT2D eigenvalue weighted by Crippen LogP contribution is -2.52. The topological polar surface area (TPSA) is 34.1 Å². The number of hydrogen-bond acceptors (Lipinski definition) is 2. The van der Waals surface area contributed by atoms with Crippen molar-refractivity contribution in [3.8, 4) is 0 Å². The molecular formula is C22H32O2S. The van der Waals surface area contributed by atoms with E-state index in [1.54, 1.807) is 12.1 Å². The van der Waals surface area contributed by atoms with Crippen LogP contribution in [0.1, 0.15) is 52.9 Å². The van der Waals surface area contributed by atoms with Crippen LogP contribution >= 0.6 is 0 Å². The maximum Gasteiger partial charge on any atom is 0.178 e. The van der Waals surface area contributed by atoms with E-state index in [2.05, 4.69) is 20.8 Å². The molecule has 0 radical (unpaired) electrons. The molecular weight excluding hydrogens is 328 g/mol. The quantitative estimate of drug-likeness (QED) is 0.740. The third kappa shape index (κ3) is 3.41. The van der Waals surface area contributed by atoms with E-state index in [4.69, 9.17) is 0 Å². The van der Waals surface area contributed by atoms with Crippen LogP contribution in [0.3, 0.4) is 0 Å². The average molecular weight is 361 g/mol. The molecule has 2 nitrogen and oxygen atoms in total. The van der Waals surface area contributed by atoms with Gasteiger partial charge in [-0.2, -0.15) is 0 Å². The normalized spacial score (nSPS) is 37.4. The van der Waals surface area contributed by atoms with Crippen molar-refractivity contribution in [2.45, 2.75) is 57.8 Å². The van der Waals surface area contributed by atoms with Crippen molar-refractivity contribution >= 4 is 9.84 Å². The van der Waals surface area contributed by atoms with Gasteiger partial charge in [-0.15, -0.1) is 0 Å². The minimum Gasteiger partial charge on any atom is -0.224 e. The lowest BCUT2D eigenvalue weighted by molar-refractivity contribution is -0.0838. The minimum absolute atomic E-state index is 0.371. The Morgan fingerprint density at radius 1 is 0.840 bits per heavy atom. The molecule has 4 saturated carbocycles. The molecule has 5 rings (SSSR count). The first kappa shape index (κ1) is 17.6. The maximum atomic E-state index is 12.9. The summed E-state index contributed by atoms with van der Waals surface area (Å²) in [5.74, 6) is 4.67. The van der Waals surface area contributed by atoms with Crippen LogP contribution in [0.4, 0.5) is 0 Å². The molecule has 4 aliphatic carbocycles. The van der Waals surface area contributed by atoms with Crippen LogP contribution in [0, 0.1) is 40.9 Å². The Hall–Kier alpha value is -0.830. The van der Waals surface area contributed by atoms with Crippen LogP contribution in [0.25, 0.3) is 0 Å². The van der Waals surface area contributed by atoms with E-state index in [1.807, 2.05) is 18.2 Å². The summed E-state index contributed by atoms with van der Waals surface area (Å²) < 4.78 is 25.8. The second-order valence-electron chi connectivity index (χ2n) is 10.2. The molecule has 4 aliphatic rings. The minimum atomic E-state index is -3.15. The molecule has 0 heterocycles. The van der Waals surface area contributed by atoms with Gasteiger partial charge in [0, 0.05) is 0 Å². The van der Waals surface area contributed by atoms with Gasteiger partial charge in [-0.25, -0.2) is 8.42 Å². The van der Waals surface area contributed by atoms with E-state index in [0.717, 1.165) is 17.8 Å². The molecule has 1 aromatic carbocycles. The fourth-order valence-corrected chi connectivity index (χ4v) is 8.21. The first-order chi connectivity index (χ1) is 11.7. The molecule has 138 valence electrons. The van der Waals surface area contributed by atoms with Crippen LogP contribution < -0.4 is 0 Å². The average Bonchev–Trinajstić information content (AvgIpc) is 2.52. The first-order valence-corrected chi connectivity index (χ1v) is 11.7. The van der Waals surface area contributed by atoms with Crippen molar-refractivity contribution < 1.29 is 8.42 Å². The summed E-state index contributed by atoms with van der Waals surface area (Å²) >= 11 is 0. The van der Waals surface area contributed by atoms with Gasteiger partial charge in [0.1, 0.15) is 0 Å². The van der Waals surface area contributed by atoms with Gasteiger partial charge >= 0.3 is 0 Å². The zero-order chi connectivity index (χ0) is 17.8. The molecule has 0 N–H and O–H groups in total. The van der Waals surface area contributed by atoms with Crippen molar-refractivity contribution in [3.05, 3.63) is 30.3 Å². The summed E-state index contributed by atoms with van der Waals surface area (Å²) in [5.41, 5.74) is 0.413. The predicted molar refractivity (Wildman–Crippen MR) is 102 cm³/mol. The third-order valence-electron chi connectivity index (χ3n) is 7.21. The third-order valence-corrected chi connectivity index (χ3v) is 9.02. The predicted octanol–water partition coefficient (Wildman–Crippen LogP) is 5.19. The zero-order valence-corrected chi connectivity index (χ0v) is 16.6. The Balaban J connectivity index is 1.49. The fourth-order valence-electron chi connectivity index (χ4n) is 6.40. The van der Waals surface area contributed by atoms with Gasteiger partial charge in [0.05, 0.1) is 10.6 Å². The Bertz CT molecular complexity index is 684. The van der Waals surface area contributed by atoms with Crippen LogP contribution in [0.5, 0.6) is 0 Å². The van der Waals surface area contributed by atoms with Crippen LogP contribution in [-0.2, 0) is 9.84 Å². The Morgan fingerprint density at radius 3 is 1.80 bits per heavy atom. The van der Waals surface area contributed by atoms with Gasteiger partial charge in [-0.05, 0) is 85.2 Å². The Morgan fingerprint density at radius 2 is 1.32 bits per heavy atom. The zero-order valence-electron chi connectivity index (χ0n) is 15.8. The molecule has 25 heavy (non-hydrogen) atoms. The summed E-state index contributed by atoms with van der Waals surface area (Å²) in [6.07, 6.45) is 6.46. The first-order valence-electron chi connectivity index (χ1n) is 10.0. The second-order valence-corrected chi connectivity index (χ2v) is 12.2. The van der Waals surface area contributed by atoms with Crippen molar-refractivity contribution in [1.82, 2.24) is 0 Å². The van der Waals surface area contributed by atoms with Gasteiger partial charge in [0.25, 0.3) is 0 Å². The molecule has 0 spiro atoms. The van der Waals surface area contributed by atoms with E-state index in [-0.39, 0.29) is 0 Å². The summed E-state index contributed by atoms with van der Waals surface area (Å²) in [7, 11) is -3.15. The summed E-state index contributed by atoms with van der Waals surface area (Å²) in [5, 5.41) is 0. The van der Waals surface area contributed by atoms with Gasteiger partial charge in [-0.1, -0.05) is 39.0 Å². The molecule has 0 aromatic heterocycles. The van der Waals surface area contributed by atoms with Crippen molar-refractivity contribution in [2.24, 2.45) is 40.9 Å². The number of benzene rings is 1. The molecule has 4 fully saturated rings. The van der Waals surface area contributed by atoms with E-state index in [1.165, 1.54) is 32.1 Å². The molecule has 3 heteroatoms. The van der Waals surface area contributed by atoms with Gasteiger partial charge in [-0.3, -0.25) is 0 Å². The lowest BCUT2D eigenvalue weighted by Gasteiger charge is -2.59. The van der Waals surface area contributed by atoms with Crippen molar-refractivity contribution in [2.75, 3.05) is 5.75 Å². The molecule has 0 atom stereocenters. The fraction of sp³-hybridized carbons (Fsp3) is 0.727. The standard InChI is InChI=1S/C22H32O2S/c1-22(2,3)13-20-15-9-17-11-16(20)12-18(10-15)21(17)14-25(23,24)19-7-5-4-6-8-19/h4-8,15-18,20-21H,9-14H2,1-3H3. The van der Waals surface area contributed by atoms with Crippen LogP contribution in [0.15, 0.2) is 35.2 Å². The Kier molecular flexibility index (Phi) is 4.30. The largest absolute Gasteiger partial charge is 0.224 e. The van der Waals surface area contributed by atoms with Crippen LogP contribution in [0.2, 0.25) is 0 Å². The number of hydrogen-bond donors (Lipinski definition) is 0. The monoisotopic (exact) mass is 360 g/mol. The van der Waals surface area contributed by atoms with E-state index >= 15 is 0 Å². The highest BCUT2D eigenvalue weighted by atomic mass is 32.2. The molecule has 0 aliphatic heterocycles. The van der Waals surface area contributed by atoms with E-state index in [9.17, 15) is 8.42 Å². The molecule has 1 aromatic rings. The highest BCUT2D eigenvalue weighted by molar-refractivity contribution is 7.91. The SMILES string of the molecule is CC(C)(C)CC1C2CC3CC1CC(C2)C3CS(=O)(=O)c1ccccc1. The highest BCUT2D eigenvalue weighted by Gasteiger charge is 2.53. The summed E-state index contributed by atoms with van der Waals surface area (Å²) in [6.45, 7) is 7.11. The van der Waals surface area contributed by atoms with Crippen molar-refractivity contribution in [1.29, 1.82) is 0 Å². The Labute approximate surface area is 153 Å². The summed E-state index contributed by atoms with van der Waals surface area (Å²) in [6, 6.07) is 9.06. The maximum absolute atomic E-state index is 12.9. The second kappa shape index (κ2) is 6.11. The number of rotatable bonds is 4. The van der Waals surface area contributed by atoms with Crippen molar-refractivity contribution in [3.63, 3.8) is 0 Å². The van der Waals surface area contributed by atoms with E-state index in [0.29, 0.717) is 33.8 Å². The smallest absolute Gasteiger partial charge is 0.178 e. The van der Waals surface area contributed by atoms with Gasteiger partial charge in [0.15, 0.2) is 9.84 Å². The van der Waals surface area contributed by atoms with Gasteiger partial charge < -0.3 is 0 Å². The summed E-state index contributed by atoms with van der Waals surface area (Å²) in [4.78, 5) is 0.509. The lowest BCUT2D eigenvalue weighted by atomic mass is 9.47. The van der Waals surface area contributed by atoms with Crippen LogP contribution in [-0.4, -0.2) is 14.2 Å². The van der Waals surface area contributed by atoms with E-state index < -0.39 is 9.84 Å². The molecule has 0 amide bonds. The molecule has 0 unspecified atom stereocenters.